The molecule has 0 saturated heterocycles. The first-order chi connectivity index (χ1) is 49.9. The Balaban J connectivity index is -0.0000000365. The average Bonchev–Trinajstić information content (AvgIpc) is 1.07. The standard InChI is InChI=1S/C5H11NO2.C4H9NO2.C4H9NO.C4H11NS.C4H11N.C4H8O2.C4H10OS.C4H10O.C4H8O.C4H10S.C4H10.2C3H6O2.2C3H8OS.3C3H8O.C3H6O.C3H8S.C3H8.C2H6O/c1-4-8-5(7)6(2)3;1-5(2)4(6)7-3;1-4(6)5(2)3;1-5(2)6(3)4;1-4-5(2)3;1-3-6-4(2)5;1-4-5-6(2)3;1-3-5-4-2;1-3-4(2)5;1-4-5(2)3;1-3-4-2;2*1-3(4)5-2;2*1-4-5(2)3;3*1-3-4-2;1-3(2)4;1-4(2)3;2*1-3-2/h4H2,1-3H3;1-3H3;1-3H3;3H2,1-2,4H3;4H2,1-3H3;3H2,1-2H3;2,4H2,1,3H3;3-4H2,1-2H3;3H2,1-2H3;2,4H2,1,3H3;3-4H2,1-2H3;2*1-2H3;2*2H2,1,3H3;3*3H2,1-2H3;1-2H3;1H2,2-3H3;3H2,1-2H3;1-2H3. The molecule has 0 aromatic heterocycles. The lowest BCUT2D eigenvalue weighted by Gasteiger charge is -2.07. The molecule has 0 spiro atoms. The third-order valence-electron chi connectivity index (χ3n) is 7.63. The predicted octanol–water partition coefficient (Wildman–Crippen LogP) is 16.8. The van der Waals surface area contributed by atoms with Gasteiger partial charge in [-0.15, -0.1) is 10.7 Å². The maximum atomic E-state index is 10.4. The summed E-state index contributed by atoms with van der Waals surface area (Å²) in [6.07, 6.45) is 18.1. The van der Waals surface area contributed by atoms with Crippen LogP contribution in [0.25, 0.3) is 0 Å². The smallest absolute Gasteiger partial charge is 0.409 e. The van der Waals surface area contributed by atoms with E-state index in [0.717, 1.165) is 46.2 Å². The fourth-order valence-electron chi connectivity index (χ4n) is 1.04. The lowest BCUT2D eigenvalue weighted by Crippen LogP contribution is -2.22. The first kappa shape index (κ1) is 165. The van der Waals surface area contributed by atoms with Crippen LogP contribution in [-0.2, 0) is 88.7 Å². The molecule has 682 valence electrons. The molecule has 26 nitrogen and oxygen atoms in total. The molecule has 0 bridgehead atoms. The number of Topliss-reactive ketones (excluding diaryl/α,β-unsaturated/α-hetero) is 2. The van der Waals surface area contributed by atoms with Crippen molar-refractivity contribution in [2.75, 3.05) is 251 Å². The Labute approximate surface area is 693 Å². The van der Waals surface area contributed by atoms with Crippen LogP contribution in [0.3, 0.4) is 0 Å². The molecule has 0 aliphatic heterocycles. The first-order valence-corrected chi connectivity index (χ1v) is 46.1. The molecular formula is C77H187N5O21S6. The number of nitrogens with zero attached hydrogens (tertiary/aromatic N) is 5. The van der Waals surface area contributed by atoms with Crippen LogP contribution in [0.15, 0.2) is 0 Å². The summed E-state index contributed by atoms with van der Waals surface area (Å²) in [5.41, 5.74) is 0. The number of hydrogen-bond donors (Lipinski definition) is 0. The summed E-state index contributed by atoms with van der Waals surface area (Å²) in [5.74, 6) is 23.0. The lowest BCUT2D eigenvalue weighted by molar-refractivity contribution is -0.140. The number of carbonyl (C=O) groups excluding carboxylic acids is 8. The molecule has 0 fully saturated rings. The van der Waals surface area contributed by atoms with Gasteiger partial charge in [0.25, 0.3) is 0 Å². The van der Waals surface area contributed by atoms with Gasteiger partial charge < -0.3 is 89.1 Å². The SMILES string of the molecule is C=S(C)C.C=S(C)CC.C=S(C)N(C)C.C=S(C)OC.C=S(C)OC.C=S(C)OCC.CC(=O)N(C)C.CC(C)=O.CCC.CCC(C)=O.CCCC.CCN(C)C.CCOC.CCOC.CCOC.CCOC(=O)N(C)C.CCOC(C)=O.CCOCC.COC.COC(=O)N(C)C.COC(C)=O.COC(C)=O. The summed E-state index contributed by atoms with van der Waals surface area (Å²) in [5, 5.41) is 0. The number of amides is 3. The summed E-state index contributed by atoms with van der Waals surface area (Å²) < 4.78 is 60.6. The average molecular weight is 1710 g/mol. The topological polar surface area (TPSA) is 273 Å². The molecule has 5 unspecified atom stereocenters. The molecule has 0 aliphatic rings. The van der Waals surface area contributed by atoms with Crippen molar-refractivity contribution < 1.29 is 98.3 Å². The minimum Gasteiger partial charge on any atom is -0.469 e. The second kappa shape index (κ2) is 173. The van der Waals surface area contributed by atoms with Crippen LogP contribution >= 0.6 is 63.9 Å². The van der Waals surface area contributed by atoms with E-state index >= 15 is 0 Å². The molecule has 0 saturated carbocycles. The molecule has 0 aromatic carbocycles. The van der Waals surface area contributed by atoms with Crippen molar-refractivity contribution in [1.29, 1.82) is 0 Å². The zero-order valence-electron chi connectivity index (χ0n) is 80.4. The van der Waals surface area contributed by atoms with Crippen molar-refractivity contribution in [3.63, 3.8) is 0 Å². The Hall–Kier alpha value is -3.32. The van der Waals surface area contributed by atoms with Crippen molar-refractivity contribution in [3.8, 4) is 0 Å². The highest BCUT2D eigenvalue weighted by Gasteiger charge is 2.00. The minimum absolute atomic E-state index is 0.0656. The highest BCUT2D eigenvalue weighted by atomic mass is 32.2. The highest BCUT2D eigenvalue weighted by Crippen LogP contribution is 2.02. The van der Waals surface area contributed by atoms with Crippen molar-refractivity contribution in [3.05, 3.63) is 0 Å². The number of methoxy groups -OCH3 is 7. The van der Waals surface area contributed by atoms with Crippen molar-refractivity contribution in [2.45, 2.75) is 178 Å². The second-order valence-corrected chi connectivity index (χ2v) is 31.0. The quantitative estimate of drug-likeness (QED) is 0.0789. The molecule has 0 rings (SSSR count). The van der Waals surface area contributed by atoms with Gasteiger partial charge >= 0.3 is 30.1 Å². The largest absolute Gasteiger partial charge is 0.469 e. The summed E-state index contributed by atoms with van der Waals surface area (Å²) >= 11 is 0. The summed E-state index contributed by atoms with van der Waals surface area (Å²) in [6, 6.07) is 0. The molecule has 109 heavy (non-hydrogen) atoms. The van der Waals surface area contributed by atoms with Gasteiger partial charge in [0, 0.05) is 178 Å². The molecule has 32 heteroatoms. The maximum Gasteiger partial charge on any atom is 0.409 e. The van der Waals surface area contributed by atoms with Crippen LogP contribution in [0.2, 0.25) is 0 Å². The highest BCUT2D eigenvalue weighted by molar-refractivity contribution is 8.13. The molecule has 3 amide bonds. The van der Waals surface area contributed by atoms with Crippen LogP contribution in [-0.4, -0.2) is 357 Å². The van der Waals surface area contributed by atoms with Crippen LogP contribution in [0.5, 0.6) is 0 Å². The predicted molar refractivity (Wildman–Crippen MR) is 504 cm³/mol. The van der Waals surface area contributed by atoms with Gasteiger partial charge in [0.2, 0.25) is 5.91 Å². The Morgan fingerprint density at radius 2 is 0.569 bits per heavy atom. The Kier molecular flexibility index (Phi) is 262. The second-order valence-electron chi connectivity index (χ2n) is 20.6. The zero-order valence-corrected chi connectivity index (χ0v) is 85.3. The third-order valence-corrected chi connectivity index (χ3v) is 11.6. The monoisotopic (exact) mass is 1710 g/mol. The summed E-state index contributed by atoms with van der Waals surface area (Å²) in [6.45, 7) is 47.4. The summed E-state index contributed by atoms with van der Waals surface area (Å²) in [4.78, 5) is 85.4. The lowest BCUT2D eigenvalue weighted by atomic mass is 10.4. The molecule has 0 radical (unpaired) electrons. The van der Waals surface area contributed by atoms with E-state index in [1.165, 1.54) is 103 Å². The van der Waals surface area contributed by atoms with Crippen LogP contribution in [0, 0.1) is 0 Å². The molecule has 0 heterocycles. The van der Waals surface area contributed by atoms with Crippen LogP contribution in [0.4, 0.5) is 9.59 Å². The maximum absolute atomic E-state index is 10.4. The van der Waals surface area contributed by atoms with Crippen LogP contribution in [0.1, 0.15) is 178 Å². The van der Waals surface area contributed by atoms with Gasteiger partial charge in [-0.05, 0) is 142 Å². The first-order valence-electron chi connectivity index (χ1n) is 35.0. The van der Waals surface area contributed by atoms with Crippen molar-refractivity contribution in [2.24, 2.45) is 0 Å². The fraction of sp³-hybridized carbons (Fsp3) is 0.818. The van der Waals surface area contributed by atoms with E-state index in [4.69, 9.17) is 8.92 Å². The zero-order chi connectivity index (χ0) is 93.1. The number of hydrogen-bond acceptors (Lipinski definition) is 23. The number of ether oxygens (including phenoxy) is 10. The van der Waals surface area contributed by atoms with E-state index in [9.17, 15) is 38.4 Å². The number of esters is 3. The molecule has 5 atom stereocenters. The Bertz CT molecular complexity index is 1640. The van der Waals surface area contributed by atoms with Gasteiger partial charge in [-0.1, -0.05) is 135 Å². The van der Waals surface area contributed by atoms with E-state index in [0.29, 0.717) is 40.6 Å². The van der Waals surface area contributed by atoms with Gasteiger partial charge in [0.15, 0.2) is 0 Å². The van der Waals surface area contributed by atoms with E-state index in [1.54, 1.807) is 113 Å². The number of carbonyl (C=O) groups is 8. The van der Waals surface area contributed by atoms with Crippen molar-refractivity contribution >= 4 is 147 Å². The number of ketones is 2. The fourth-order valence-corrected chi connectivity index (χ4v) is 1.45. The molecular weight excluding hydrogens is 1520 g/mol. The van der Waals surface area contributed by atoms with Crippen molar-refractivity contribution in [1.82, 2.24) is 23.9 Å². The van der Waals surface area contributed by atoms with E-state index in [1.807, 2.05) is 81.3 Å². The van der Waals surface area contributed by atoms with Crippen LogP contribution < -0.4 is 0 Å². The third kappa shape index (κ3) is 578. The Morgan fingerprint density at radius 1 is 0.367 bits per heavy atom. The minimum atomic E-state index is -0.319. The number of unbranched alkanes of at least 4 members (excludes halogenated alkanes) is 1. The van der Waals surface area contributed by atoms with E-state index < -0.39 is 0 Å². The van der Waals surface area contributed by atoms with Gasteiger partial charge in [-0.2, -0.15) is 21.0 Å². The molecule has 0 N–H and O–H groups in total. The summed E-state index contributed by atoms with van der Waals surface area (Å²) in [7, 11) is 34.6. The normalized spacial score (nSPS) is 9.43. The van der Waals surface area contributed by atoms with E-state index in [-0.39, 0.29) is 90.5 Å². The van der Waals surface area contributed by atoms with Gasteiger partial charge in [0.1, 0.15) is 11.6 Å². The molecule has 0 aromatic rings. The molecule has 0 aliphatic carbocycles. The van der Waals surface area contributed by atoms with Gasteiger partial charge in [-0.3, -0.25) is 23.5 Å². The van der Waals surface area contributed by atoms with E-state index in [2.05, 4.69) is 176 Å². The Morgan fingerprint density at radius 3 is 0.578 bits per heavy atom. The van der Waals surface area contributed by atoms with Gasteiger partial charge in [-0.25, -0.2) is 9.59 Å². The number of rotatable bonds is 16. The van der Waals surface area contributed by atoms with Gasteiger partial charge in [0.05, 0.1) is 41.2 Å².